The lowest BCUT2D eigenvalue weighted by Crippen LogP contribution is -2.57. The highest BCUT2D eigenvalue weighted by atomic mass is 35.5. The van der Waals surface area contributed by atoms with Crippen LogP contribution in [0.3, 0.4) is 0 Å². The molecule has 4 aliphatic heterocycles. The Hall–Kier alpha value is -2.91. The molecule has 186 valence electrons. The Balaban J connectivity index is 1.61. The zero-order chi connectivity index (χ0) is 24.9. The van der Waals surface area contributed by atoms with Crippen molar-refractivity contribution >= 4 is 29.1 Å². The second kappa shape index (κ2) is 9.28. The maximum Gasteiger partial charge on any atom is 0.256 e. The van der Waals surface area contributed by atoms with E-state index in [-0.39, 0.29) is 47.5 Å². The molecule has 10 heteroatoms. The van der Waals surface area contributed by atoms with Gasteiger partial charge in [0.1, 0.15) is 28.9 Å². The van der Waals surface area contributed by atoms with Crippen molar-refractivity contribution in [2.75, 3.05) is 32.8 Å². The molecule has 4 aliphatic rings. The third-order valence-corrected chi connectivity index (χ3v) is 7.72. The lowest BCUT2D eigenvalue weighted by molar-refractivity contribution is -0.138. The first-order chi connectivity index (χ1) is 16.8. The van der Waals surface area contributed by atoms with Crippen molar-refractivity contribution in [1.82, 2.24) is 14.7 Å². The number of phenols is 1. The predicted molar refractivity (Wildman–Crippen MR) is 129 cm³/mol. The molecule has 8 nitrogen and oxygen atoms in total. The van der Waals surface area contributed by atoms with Crippen LogP contribution in [0.25, 0.3) is 0 Å². The average Bonchev–Trinajstić information content (AvgIpc) is 3.21. The standard InChI is InChI=1S/C25H28ClFN4O4/c1-3-18(33)29-10-11-31-15(12-29)13-35-23-20(25(31)34)24(30-9-5-6-14(30)2)28-22(21(23)26)19-16(27)7-4-8-17(19)32/h3-4,7-8,14-15,21,23,32H,1,5-6,9-13H2,2H3/t14-,15+,21?,23?/m0/s1. The molecular weight excluding hydrogens is 475 g/mol. The molecule has 0 radical (unpaired) electrons. The first-order valence-corrected chi connectivity index (χ1v) is 12.3. The van der Waals surface area contributed by atoms with E-state index in [0.29, 0.717) is 37.6 Å². The first-order valence-electron chi connectivity index (χ1n) is 11.9. The minimum Gasteiger partial charge on any atom is -0.507 e. The summed E-state index contributed by atoms with van der Waals surface area (Å²) in [4.78, 5) is 36.3. The maximum absolute atomic E-state index is 14.9. The van der Waals surface area contributed by atoms with Gasteiger partial charge in [-0.25, -0.2) is 9.38 Å². The maximum atomic E-state index is 14.9. The van der Waals surface area contributed by atoms with Crippen molar-refractivity contribution in [1.29, 1.82) is 0 Å². The van der Waals surface area contributed by atoms with Gasteiger partial charge < -0.3 is 24.5 Å². The van der Waals surface area contributed by atoms with Crippen molar-refractivity contribution in [3.63, 3.8) is 0 Å². The number of fused-ring (bicyclic) bond motifs is 2. The number of hydrogen-bond donors (Lipinski definition) is 1. The predicted octanol–water partition coefficient (Wildman–Crippen LogP) is 2.26. The van der Waals surface area contributed by atoms with Gasteiger partial charge in [0.05, 0.1) is 29.5 Å². The monoisotopic (exact) mass is 502 g/mol. The van der Waals surface area contributed by atoms with Gasteiger partial charge in [-0.15, -0.1) is 11.6 Å². The number of rotatable bonds is 3. The van der Waals surface area contributed by atoms with E-state index in [2.05, 4.69) is 13.5 Å². The highest BCUT2D eigenvalue weighted by molar-refractivity contribution is 6.37. The van der Waals surface area contributed by atoms with Gasteiger partial charge in [-0.1, -0.05) is 12.6 Å². The van der Waals surface area contributed by atoms with Gasteiger partial charge in [-0.3, -0.25) is 9.59 Å². The zero-order valence-electron chi connectivity index (χ0n) is 19.5. The molecule has 35 heavy (non-hydrogen) atoms. The fraction of sp³-hybridized carbons (Fsp3) is 0.480. The molecule has 1 N–H and O–H groups in total. The number of hydrogen-bond acceptors (Lipinski definition) is 6. The van der Waals surface area contributed by atoms with Crippen LogP contribution < -0.4 is 0 Å². The van der Waals surface area contributed by atoms with E-state index in [4.69, 9.17) is 21.3 Å². The second-order valence-electron chi connectivity index (χ2n) is 9.35. The van der Waals surface area contributed by atoms with E-state index < -0.39 is 17.3 Å². The molecular formula is C25H28ClFN4O4. The number of piperazine rings is 1. The Morgan fingerprint density at radius 2 is 2.11 bits per heavy atom. The summed E-state index contributed by atoms with van der Waals surface area (Å²) >= 11 is 6.85. The van der Waals surface area contributed by atoms with Crippen molar-refractivity contribution in [2.24, 2.45) is 4.99 Å². The number of alkyl halides is 1. The number of likely N-dealkylation sites (tertiary alicyclic amines) is 1. The largest absolute Gasteiger partial charge is 0.507 e. The van der Waals surface area contributed by atoms with Crippen LogP contribution in [0.5, 0.6) is 5.75 Å². The third kappa shape index (κ3) is 4.00. The summed E-state index contributed by atoms with van der Waals surface area (Å²) in [5.74, 6) is -0.932. The van der Waals surface area contributed by atoms with Crippen LogP contribution in [0, 0.1) is 5.82 Å². The molecule has 1 aromatic carbocycles. The average molecular weight is 503 g/mol. The lowest BCUT2D eigenvalue weighted by atomic mass is 9.93. The van der Waals surface area contributed by atoms with Crippen molar-refractivity contribution in [2.45, 2.75) is 43.3 Å². The summed E-state index contributed by atoms with van der Waals surface area (Å²) in [6.45, 7) is 7.52. The van der Waals surface area contributed by atoms with E-state index in [1.165, 1.54) is 24.3 Å². The second-order valence-corrected chi connectivity index (χ2v) is 9.82. The lowest BCUT2D eigenvalue weighted by Gasteiger charge is -2.40. The highest BCUT2D eigenvalue weighted by Crippen LogP contribution is 2.39. The molecule has 1 aromatic rings. The van der Waals surface area contributed by atoms with Gasteiger partial charge in [0.25, 0.3) is 5.91 Å². The number of carbonyl (C=O) groups is 2. The minimum atomic E-state index is -0.995. The number of aromatic hydroxyl groups is 1. The quantitative estimate of drug-likeness (QED) is 0.506. The molecule has 4 atom stereocenters. The van der Waals surface area contributed by atoms with Gasteiger partial charge >= 0.3 is 0 Å². The van der Waals surface area contributed by atoms with Gasteiger partial charge in [-0.05, 0) is 38.0 Å². The number of phenolic OH excluding ortho intramolecular Hbond substituents is 1. The van der Waals surface area contributed by atoms with Crippen LogP contribution >= 0.6 is 11.6 Å². The van der Waals surface area contributed by atoms with Gasteiger partial charge in [0.2, 0.25) is 5.91 Å². The van der Waals surface area contributed by atoms with Crippen molar-refractivity contribution in [3.05, 3.63) is 53.6 Å². The number of benzene rings is 1. The number of aliphatic imine (C=N–C) groups is 1. The van der Waals surface area contributed by atoms with Gasteiger partial charge in [0, 0.05) is 32.2 Å². The van der Waals surface area contributed by atoms with Crippen molar-refractivity contribution in [3.8, 4) is 5.75 Å². The minimum absolute atomic E-state index is 0.0864. The molecule has 0 saturated carbocycles. The first kappa shape index (κ1) is 23.8. The van der Waals surface area contributed by atoms with Gasteiger partial charge in [0.15, 0.2) is 0 Å². The number of amides is 2. The summed E-state index contributed by atoms with van der Waals surface area (Å²) in [6.07, 6.45) is 2.25. The molecule has 0 aromatic heterocycles. The molecule has 5 rings (SSSR count). The molecule has 4 heterocycles. The Morgan fingerprint density at radius 3 is 2.80 bits per heavy atom. The Labute approximate surface area is 208 Å². The summed E-state index contributed by atoms with van der Waals surface area (Å²) in [5, 5.41) is 9.48. The number of nitrogens with zero attached hydrogens (tertiary/aromatic N) is 4. The Morgan fingerprint density at radius 1 is 1.31 bits per heavy atom. The topological polar surface area (TPSA) is 85.7 Å². The molecule has 3 saturated heterocycles. The van der Waals surface area contributed by atoms with Gasteiger partial charge in [-0.2, -0.15) is 0 Å². The van der Waals surface area contributed by atoms with Crippen molar-refractivity contribution < 1.29 is 23.8 Å². The molecule has 0 aliphatic carbocycles. The summed E-state index contributed by atoms with van der Waals surface area (Å²) in [5.41, 5.74) is 0.405. The van der Waals surface area contributed by atoms with E-state index in [1.807, 2.05) is 4.90 Å². The highest BCUT2D eigenvalue weighted by Gasteiger charge is 2.48. The Bertz CT molecular complexity index is 1120. The fourth-order valence-electron chi connectivity index (χ4n) is 5.43. The van der Waals surface area contributed by atoms with Crippen LogP contribution in [-0.4, -0.2) is 93.7 Å². The van der Waals surface area contributed by atoms with E-state index >= 15 is 0 Å². The third-order valence-electron chi connectivity index (χ3n) is 7.28. The number of halogens is 2. The van der Waals surface area contributed by atoms with Crippen LogP contribution in [0.4, 0.5) is 4.39 Å². The van der Waals surface area contributed by atoms with E-state index in [1.54, 1.807) is 9.80 Å². The molecule has 2 amide bonds. The van der Waals surface area contributed by atoms with E-state index in [9.17, 15) is 19.1 Å². The Kier molecular flexibility index (Phi) is 6.31. The summed E-state index contributed by atoms with van der Waals surface area (Å²) in [6, 6.07) is 3.80. The van der Waals surface area contributed by atoms with Crippen LogP contribution in [0.2, 0.25) is 0 Å². The fourth-order valence-corrected chi connectivity index (χ4v) is 5.79. The smallest absolute Gasteiger partial charge is 0.256 e. The molecule has 0 bridgehead atoms. The van der Waals surface area contributed by atoms with Crippen LogP contribution in [-0.2, 0) is 14.3 Å². The van der Waals surface area contributed by atoms with Crippen LogP contribution in [0.15, 0.2) is 47.2 Å². The summed E-state index contributed by atoms with van der Waals surface area (Å²) < 4.78 is 21.1. The number of carbonyl (C=O) groups excluding carboxylic acids is 2. The van der Waals surface area contributed by atoms with E-state index in [0.717, 1.165) is 12.8 Å². The SMILES string of the molecule is C=CC(=O)N1CCN2C(=O)C3=C(N4CCC[C@@H]4C)N=C(c4c(O)cccc4F)C(Cl)C3OC[C@H]2C1. The molecule has 0 spiro atoms. The number of ether oxygens (including phenoxy) is 1. The summed E-state index contributed by atoms with van der Waals surface area (Å²) in [7, 11) is 0. The molecule has 3 fully saturated rings. The molecule has 2 unspecified atom stereocenters. The van der Waals surface area contributed by atoms with Crippen LogP contribution in [0.1, 0.15) is 25.3 Å². The zero-order valence-corrected chi connectivity index (χ0v) is 20.2. The normalized spacial score (nSPS) is 28.9.